The first kappa shape index (κ1) is 13.8. The molecule has 0 N–H and O–H groups in total. The summed E-state index contributed by atoms with van der Waals surface area (Å²) in [5, 5.41) is 8.58. The molecule has 1 aromatic carbocycles. The monoisotopic (exact) mass is 311 g/mol. The molecule has 0 aliphatic heterocycles. The maximum absolute atomic E-state index is 13.5. The lowest BCUT2D eigenvalue weighted by Crippen LogP contribution is -2.13. The van der Waals surface area contributed by atoms with Crippen LogP contribution < -0.4 is 4.74 Å². The van der Waals surface area contributed by atoms with E-state index in [9.17, 15) is 17.6 Å². The first-order chi connectivity index (χ1) is 7.85. The molecule has 0 heterocycles. The number of halogens is 5. The Morgan fingerprint density at radius 3 is 2.53 bits per heavy atom. The number of benzene rings is 1. The van der Waals surface area contributed by atoms with E-state index >= 15 is 0 Å². The second-order valence-electron chi connectivity index (χ2n) is 3.06. The third-order valence-corrected chi connectivity index (χ3v) is 2.59. The van der Waals surface area contributed by atoms with Gasteiger partial charge < -0.3 is 4.74 Å². The van der Waals surface area contributed by atoms with E-state index in [4.69, 9.17) is 5.26 Å². The predicted octanol–water partition coefficient (Wildman–Crippen LogP) is 3.79. The summed E-state index contributed by atoms with van der Waals surface area (Å²) in [7, 11) is 0. The Kier molecular flexibility index (Phi) is 4.34. The van der Waals surface area contributed by atoms with Gasteiger partial charge in [-0.1, -0.05) is 0 Å². The highest BCUT2D eigenvalue weighted by Crippen LogP contribution is 2.29. The molecule has 0 unspecified atom stereocenters. The van der Waals surface area contributed by atoms with E-state index in [-0.39, 0.29) is 15.8 Å². The van der Waals surface area contributed by atoms with Crippen molar-refractivity contribution in [3.05, 3.63) is 28.0 Å². The van der Waals surface area contributed by atoms with Crippen LogP contribution in [0.15, 0.2) is 16.6 Å². The molecule has 0 aromatic heterocycles. The second-order valence-corrected chi connectivity index (χ2v) is 3.86. The molecule has 0 saturated heterocycles. The normalized spacial score (nSPS) is 11.1. The molecule has 0 amide bonds. The molecule has 0 radical (unpaired) electrons. The Bertz CT molecular complexity index is 453. The van der Waals surface area contributed by atoms with Gasteiger partial charge in [0.15, 0.2) is 11.6 Å². The Hall–Kier alpha value is -1.29. The maximum atomic E-state index is 13.5. The first-order valence-electron chi connectivity index (χ1n) is 4.43. The van der Waals surface area contributed by atoms with Crippen LogP contribution >= 0.6 is 15.9 Å². The molecule has 17 heavy (non-hydrogen) atoms. The van der Waals surface area contributed by atoms with Crippen molar-refractivity contribution in [2.45, 2.75) is 12.6 Å². The summed E-state index contributed by atoms with van der Waals surface area (Å²) in [6, 6.07) is 4.10. The van der Waals surface area contributed by atoms with Gasteiger partial charge in [0.25, 0.3) is 0 Å². The smallest absolute Gasteiger partial charge is 0.392 e. The van der Waals surface area contributed by atoms with Gasteiger partial charge >= 0.3 is 6.18 Å². The molecule has 2 nitrogen and oxygen atoms in total. The van der Waals surface area contributed by atoms with Gasteiger partial charge in [0, 0.05) is 0 Å². The number of nitriles is 1. The Balaban J connectivity index is 2.74. The minimum atomic E-state index is -4.35. The maximum Gasteiger partial charge on any atom is 0.392 e. The Morgan fingerprint density at radius 1 is 1.35 bits per heavy atom. The zero-order chi connectivity index (χ0) is 13.1. The molecule has 0 aliphatic carbocycles. The molecule has 1 aromatic rings. The van der Waals surface area contributed by atoms with Crippen molar-refractivity contribution in [3.8, 4) is 11.8 Å². The molecular formula is C10H6BrF4NO. The Labute approximate surface area is 103 Å². The van der Waals surface area contributed by atoms with Crippen LogP contribution in [0.1, 0.15) is 12.0 Å². The van der Waals surface area contributed by atoms with Gasteiger partial charge in [-0.15, -0.1) is 0 Å². The quantitative estimate of drug-likeness (QED) is 0.796. The minimum absolute atomic E-state index is 0.0469. The molecule has 0 aliphatic rings. The zero-order valence-corrected chi connectivity index (χ0v) is 9.90. The number of ether oxygens (including phenoxy) is 1. The van der Waals surface area contributed by atoms with Crippen molar-refractivity contribution in [2.75, 3.05) is 6.61 Å². The average Bonchev–Trinajstić information content (AvgIpc) is 2.23. The summed E-state index contributed by atoms with van der Waals surface area (Å²) in [5.41, 5.74) is 0.0469. The largest absolute Gasteiger partial charge is 0.490 e. The standard InChI is InChI=1S/C10H6BrF4NO/c11-8-6(5-16)1-2-7(9(8)12)17-4-3-10(13,14)15/h1-2H,3-4H2. The fourth-order valence-electron chi connectivity index (χ4n) is 1.01. The van der Waals surface area contributed by atoms with Crippen molar-refractivity contribution in [2.24, 2.45) is 0 Å². The molecule has 0 atom stereocenters. The summed E-state index contributed by atoms with van der Waals surface area (Å²) in [6.07, 6.45) is -5.51. The predicted molar refractivity (Wildman–Crippen MR) is 55.0 cm³/mol. The number of alkyl halides is 3. The molecule has 0 spiro atoms. The summed E-state index contributed by atoms with van der Waals surface area (Å²) >= 11 is 2.82. The molecule has 7 heteroatoms. The van der Waals surface area contributed by atoms with Crippen LogP contribution in [0.25, 0.3) is 0 Å². The van der Waals surface area contributed by atoms with E-state index in [1.165, 1.54) is 6.07 Å². The lowest BCUT2D eigenvalue weighted by molar-refractivity contribution is -0.139. The van der Waals surface area contributed by atoms with E-state index < -0.39 is 25.0 Å². The van der Waals surface area contributed by atoms with Crippen molar-refractivity contribution >= 4 is 15.9 Å². The lowest BCUT2D eigenvalue weighted by Gasteiger charge is -2.10. The molecular weight excluding hydrogens is 306 g/mol. The van der Waals surface area contributed by atoms with Crippen LogP contribution in [-0.2, 0) is 0 Å². The summed E-state index contributed by atoms with van der Waals surface area (Å²) in [6.45, 7) is -0.668. The summed E-state index contributed by atoms with van der Waals surface area (Å²) in [4.78, 5) is 0. The van der Waals surface area contributed by atoms with E-state index in [0.717, 1.165) is 6.07 Å². The molecule has 0 bridgehead atoms. The van der Waals surface area contributed by atoms with Crippen molar-refractivity contribution in [1.29, 1.82) is 5.26 Å². The van der Waals surface area contributed by atoms with Gasteiger partial charge in [0.1, 0.15) is 6.07 Å². The van der Waals surface area contributed by atoms with Gasteiger partial charge in [0.05, 0.1) is 23.1 Å². The van der Waals surface area contributed by atoms with Crippen LogP contribution in [0.4, 0.5) is 17.6 Å². The molecule has 0 fully saturated rings. The van der Waals surface area contributed by atoms with Gasteiger partial charge in [-0.25, -0.2) is 4.39 Å². The number of hydrogen-bond acceptors (Lipinski definition) is 2. The summed E-state index contributed by atoms with van der Waals surface area (Å²) < 4.78 is 53.5. The van der Waals surface area contributed by atoms with Crippen LogP contribution in [0.5, 0.6) is 5.75 Å². The third-order valence-electron chi connectivity index (χ3n) is 1.81. The number of nitrogens with zero attached hydrogens (tertiary/aromatic N) is 1. The topological polar surface area (TPSA) is 33.0 Å². The van der Waals surface area contributed by atoms with Gasteiger partial charge in [-0.3, -0.25) is 0 Å². The SMILES string of the molecule is N#Cc1ccc(OCCC(F)(F)F)c(F)c1Br. The van der Waals surface area contributed by atoms with E-state index in [1.807, 2.05) is 0 Å². The molecule has 1 rings (SSSR count). The number of hydrogen-bond donors (Lipinski definition) is 0. The average molecular weight is 312 g/mol. The first-order valence-corrected chi connectivity index (χ1v) is 5.22. The fourth-order valence-corrected chi connectivity index (χ4v) is 1.42. The van der Waals surface area contributed by atoms with E-state index in [2.05, 4.69) is 20.7 Å². The van der Waals surface area contributed by atoms with Gasteiger partial charge in [-0.05, 0) is 28.1 Å². The van der Waals surface area contributed by atoms with Crippen LogP contribution in [0, 0.1) is 17.1 Å². The van der Waals surface area contributed by atoms with Gasteiger partial charge in [-0.2, -0.15) is 18.4 Å². The fraction of sp³-hybridized carbons (Fsp3) is 0.300. The van der Waals surface area contributed by atoms with Crippen molar-refractivity contribution in [1.82, 2.24) is 0 Å². The third kappa shape index (κ3) is 3.89. The molecule has 92 valence electrons. The van der Waals surface area contributed by atoms with Crippen molar-refractivity contribution < 1.29 is 22.3 Å². The highest BCUT2D eigenvalue weighted by Gasteiger charge is 2.27. The Morgan fingerprint density at radius 2 is 2.00 bits per heavy atom. The minimum Gasteiger partial charge on any atom is -0.490 e. The number of rotatable bonds is 3. The zero-order valence-electron chi connectivity index (χ0n) is 8.31. The van der Waals surface area contributed by atoms with Crippen LogP contribution in [0.2, 0.25) is 0 Å². The second kappa shape index (κ2) is 5.36. The highest BCUT2D eigenvalue weighted by atomic mass is 79.9. The van der Waals surface area contributed by atoms with Crippen LogP contribution in [0.3, 0.4) is 0 Å². The van der Waals surface area contributed by atoms with Crippen LogP contribution in [-0.4, -0.2) is 12.8 Å². The molecule has 0 saturated carbocycles. The van der Waals surface area contributed by atoms with E-state index in [1.54, 1.807) is 6.07 Å². The summed E-state index contributed by atoms with van der Waals surface area (Å²) in [5.74, 6) is -1.20. The van der Waals surface area contributed by atoms with Gasteiger partial charge in [0.2, 0.25) is 0 Å². The van der Waals surface area contributed by atoms with Crippen molar-refractivity contribution in [3.63, 3.8) is 0 Å². The van der Waals surface area contributed by atoms with E-state index in [0.29, 0.717) is 0 Å². The highest BCUT2D eigenvalue weighted by molar-refractivity contribution is 9.10. The lowest BCUT2D eigenvalue weighted by atomic mass is 10.2.